The summed E-state index contributed by atoms with van der Waals surface area (Å²) in [6, 6.07) is 14.5. The van der Waals surface area contributed by atoms with Crippen LogP contribution in [0.4, 0.5) is 29.3 Å². The van der Waals surface area contributed by atoms with E-state index in [4.69, 9.17) is 9.15 Å². The lowest BCUT2D eigenvalue weighted by Crippen LogP contribution is -2.36. The number of nitrogens with one attached hydrogen (secondary N) is 2. The summed E-state index contributed by atoms with van der Waals surface area (Å²) < 4.78 is 50.9. The Balaban J connectivity index is 1.40. The van der Waals surface area contributed by atoms with Crippen molar-refractivity contribution in [3.63, 3.8) is 0 Å². The van der Waals surface area contributed by atoms with E-state index in [1.54, 1.807) is 47.4 Å². The number of carbonyl (C=O) groups is 2. The molecule has 0 saturated carbocycles. The summed E-state index contributed by atoms with van der Waals surface area (Å²) >= 11 is 0. The molecule has 1 aliphatic heterocycles. The minimum absolute atomic E-state index is 0.00819. The summed E-state index contributed by atoms with van der Waals surface area (Å²) in [5.74, 6) is -2.80. The number of alkyl halides is 3. The minimum Gasteiger partial charge on any atom is -0.444 e. The van der Waals surface area contributed by atoms with E-state index in [2.05, 4.69) is 15.6 Å². The van der Waals surface area contributed by atoms with Gasteiger partial charge in [0.05, 0.1) is 0 Å². The number of halogens is 3. The lowest BCUT2D eigenvalue weighted by Gasteiger charge is -2.24. The average Bonchev–Trinajstić information content (AvgIpc) is 3.48. The maximum Gasteiger partial charge on any atom is 0.452 e. The third-order valence-electron chi connectivity index (χ3n) is 5.47. The van der Waals surface area contributed by atoms with E-state index < -0.39 is 29.1 Å². The number of oxazole rings is 1. The fourth-order valence-electron chi connectivity index (χ4n) is 3.82. The van der Waals surface area contributed by atoms with Gasteiger partial charge in [0.2, 0.25) is 11.7 Å². The molecule has 2 amide bonds. The quantitative estimate of drug-likeness (QED) is 0.430. The van der Waals surface area contributed by atoms with E-state index in [1.165, 1.54) is 12.1 Å². The smallest absolute Gasteiger partial charge is 0.444 e. The highest BCUT2D eigenvalue weighted by Crippen LogP contribution is 2.35. The number of nitrogens with zero attached hydrogens (tertiary/aromatic N) is 2. The lowest BCUT2D eigenvalue weighted by molar-refractivity contribution is -0.153. The zero-order valence-corrected chi connectivity index (χ0v) is 20.6. The van der Waals surface area contributed by atoms with Crippen LogP contribution in [0.5, 0.6) is 0 Å². The van der Waals surface area contributed by atoms with Crippen LogP contribution in [0.15, 0.2) is 59.0 Å². The molecule has 2 N–H and O–H groups in total. The van der Waals surface area contributed by atoms with Gasteiger partial charge in [-0.05, 0) is 63.6 Å². The van der Waals surface area contributed by atoms with Crippen molar-refractivity contribution >= 4 is 23.4 Å². The fourth-order valence-corrected chi connectivity index (χ4v) is 3.82. The molecule has 196 valence electrons. The Morgan fingerprint density at radius 2 is 1.68 bits per heavy atom. The van der Waals surface area contributed by atoms with Gasteiger partial charge in [-0.25, -0.2) is 9.78 Å². The molecule has 0 spiro atoms. The summed E-state index contributed by atoms with van der Waals surface area (Å²) in [7, 11) is 0. The van der Waals surface area contributed by atoms with Gasteiger partial charge in [0, 0.05) is 36.1 Å². The minimum atomic E-state index is -4.89. The Morgan fingerprint density at radius 1 is 1.03 bits per heavy atom. The number of rotatable bonds is 5. The SMILES string of the molecule is CC(C)(C)OC(=O)N1CC[C@H](Nc2ccc(NC(=O)c3nc(-c4ccccc4)oc3C(F)(F)F)cc2)C1. The third kappa shape index (κ3) is 6.60. The second-order valence-corrected chi connectivity index (χ2v) is 9.65. The molecule has 0 unspecified atom stereocenters. The second kappa shape index (κ2) is 10.2. The van der Waals surface area contributed by atoms with Crippen molar-refractivity contribution in [2.45, 2.75) is 45.0 Å². The molecule has 1 fully saturated rings. The van der Waals surface area contributed by atoms with Crippen molar-refractivity contribution in [3.8, 4) is 11.5 Å². The number of hydrogen-bond donors (Lipinski definition) is 2. The first-order valence-corrected chi connectivity index (χ1v) is 11.7. The molecule has 1 aliphatic rings. The topological polar surface area (TPSA) is 96.7 Å². The summed E-state index contributed by atoms with van der Waals surface area (Å²) in [4.78, 5) is 30.4. The van der Waals surface area contributed by atoms with Gasteiger partial charge in [0.1, 0.15) is 5.60 Å². The number of aromatic nitrogens is 1. The van der Waals surface area contributed by atoms with Gasteiger partial charge in [-0.3, -0.25) is 4.79 Å². The number of ether oxygens (including phenoxy) is 1. The van der Waals surface area contributed by atoms with Gasteiger partial charge >= 0.3 is 12.3 Å². The zero-order valence-electron chi connectivity index (χ0n) is 20.6. The number of anilines is 2. The summed E-state index contributed by atoms with van der Waals surface area (Å²) in [5, 5.41) is 5.75. The predicted molar refractivity (Wildman–Crippen MR) is 131 cm³/mol. The Kier molecular flexibility index (Phi) is 7.15. The highest BCUT2D eigenvalue weighted by molar-refractivity contribution is 6.04. The van der Waals surface area contributed by atoms with E-state index in [1.807, 2.05) is 20.8 Å². The van der Waals surface area contributed by atoms with Crippen LogP contribution in [0.2, 0.25) is 0 Å². The maximum atomic E-state index is 13.5. The number of hydrogen-bond acceptors (Lipinski definition) is 6. The van der Waals surface area contributed by atoms with Crippen LogP contribution in [-0.4, -0.2) is 46.6 Å². The Hall–Kier alpha value is -4.02. The molecular weight excluding hydrogens is 489 g/mol. The van der Waals surface area contributed by atoms with Crippen molar-refractivity contribution < 1.29 is 31.9 Å². The molecule has 0 aliphatic carbocycles. The van der Waals surface area contributed by atoms with Crippen molar-refractivity contribution in [2.75, 3.05) is 23.7 Å². The van der Waals surface area contributed by atoms with Crippen LogP contribution in [0.25, 0.3) is 11.5 Å². The van der Waals surface area contributed by atoms with Gasteiger partial charge in [-0.2, -0.15) is 13.2 Å². The van der Waals surface area contributed by atoms with Crippen molar-refractivity contribution in [1.29, 1.82) is 0 Å². The van der Waals surface area contributed by atoms with Crippen molar-refractivity contribution in [2.24, 2.45) is 0 Å². The molecule has 0 radical (unpaired) electrons. The Bertz CT molecular complexity index is 1250. The van der Waals surface area contributed by atoms with Crippen molar-refractivity contribution in [1.82, 2.24) is 9.88 Å². The van der Waals surface area contributed by atoms with Crippen LogP contribution in [0.1, 0.15) is 43.4 Å². The molecule has 1 atom stereocenters. The van der Waals surface area contributed by atoms with Crippen LogP contribution in [0.3, 0.4) is 0 Å². The molecule has 0 bridgehead atoms. The van der Waals surface area contributed by atoms with Gasteiger partial charge in [-0.1, -0.05) is 18.2 Å². The summed E-state index contributed by atoms with van der Waals surface area (Å²) in [6.07, 6.45) is -4.53. The lowest BCUT2D eigenvalue weighted by atomic mass is 10.2. The molecule has 2 heterocycles. The molecule has 4 rings (SSSR count). The van der Waals surface area contributed by atoms with E-state index in [9.17, 15) is 22.8 Å². The number of amides is 2. The molecule has 3 aromatic rings. The van der Waals surface area contributed by atoms with E-state index in [0.29, 0.717) is 18.7 Å². The van der Waals surface area contributed by atoms with E-state index in [-0.39, 0.29) is 23.7 Å². The monoisotopic (exact) mass is 516 g/mol. The molecule has 37 heavy (non-hydrogen) atoms. The largest absolute Gasteiger partial charge is 0.452 e. The fraction of sp³-hybridized carbons (Fsp3) is 0.346. The Labute approximate surface area is 211 Å². The highest BCUT2D eigenvalue weighted by atomic mass is 19.4. The van der Waals surface area contributed by atoms with Crippen LogP contribution < -0.4 is 10.6 Å². The molecule has 8 nitrogen and oxygen atoms in total. The first-order chi connectivity index (χ1) is 17.4. The maximum absolute atomic E-state index is 13.5. The van der Waals surface area contributed by atoms with E-state index >= 15 is 0 Å². The van der Waals surface area contributed by atoms with Gasteiger partial charge in [0.25, 0.3) is 5.91 Å². The Morgan fingerprint density at radius 3 is 2.30 bits per heavy atom. The molecule has 11 heteroatoms. The van der Waals surface area contributed by atoms with Gasteiger partial charge < -0.3 is 24.7 Å². The van der Waals surface area contributed by atoms with Crippen LogP contribution >= 0.6 is 0 Å². The third-order valence-corrected chi connectivity index (χ3v) is 5.47. The average molecular weight is 517 g/mol. The predicted octanol–water partition coefficient (Wildman–Crippen LogP) is 6.03. The molecule has 1 saturated heterocycles. The first-order valence-electron chi connectivity index (χ1n) is 11.7. The second-order valence-electron chi connectivity index (χ2n) is 9.65. The summed E-state index contributed by atoms with van der Waals surface area (Å²) in [6.45, 7) is 6.47. The standard InChI is InChI=1S/C26H27F3N4O4/c1-25(2,3)37-24(35)33-14-13-19(15-33)30-17-9-11-18(12-10-17)31-22(34)20-21(26(27,28)29)36-23(32-20)16-7-5-4-6-8-16/h4-12,19,30H,13-15H2,1-3H3,(H,31,34)/t19-/m0/s1. The normalized spacial score (nSPS) is 15.9. The highest BCUT2D eigenvalue weighted by Gasteiger charge is 2.42. The van der Waals surface area contributed by atoms with Crippen LogP contribution in [0, 0.1) is 0 Å². The first kappa shape index (κ1) is 26.1. The van der Waals surface area contributed by atoms with Gasteiger partial charge in [-0.15, -0.1) is 0 Å². The van der Waals surface area contributed by atoms with Crippen LogP contribution in [-0.2, 0) is 10.9 Å². The number of benzene rings is 2. The number of carbonyl (C=O) groups excluding carboxylic acids is 2. The molecular formula is C26H27F3N4O4. The zero-order chi connectivity index (χ0) is 26.8. The van der Waals surface area contributed by atoms with E-state index in [0.717, 1.165) is 12.1 Å². The molecule has 1 aromatic heterocycles. The summed E-state index contributed by atoms with van der Waals surface area (Å²) in [5.41, 5.74) is -0.0762. The van der Waals surface area contributed by atoms with Gasteiger partial charge in [0.15, 0.2) is 5.69 Å². The van der Waals surface area contributed by atoms with Crippen molar-refractivity contribution in [3.05, 3.63) is 66.1 Å². The number of likely N-dealkylation sites (tertiary alicyclic amines) is 1. The molecule has 2 aromatic carbocycles.